The second kappa shape index (κ2) is 5.86. The van der Waals surface area contributed by atoms with Crippen molar-refractivity contribution in [1.82, 2.24) is 9.97 Å². The average molecular weight is 350 g/mol. The summed E-state index contributed by atoms with van der Waals surface area (Å²) >= 11 is 7.26. The molecule has 0 aliphatic rings. The van der Waals surface area contributed by atoms with Crippen LogP contribution in [-0.2, 0) is 0 Å². The summed E-state index contributed by atoms with van der Waals surface area (Å²) in [5.41, 5.74) is 2.05. The number of nitrogens with one attached hydrogen (secondary N) is 1. The fourth-order valence-electron chi connectivity index (χ4n) is 2.46. The van der Waals surface area contributed by atoms with Crippen molar-refractivity contribution in [3.63, 3.8) is 0 Å². The molecule has 118 valence electrons. The van der Waals surface area contributed by atoms with Gasteiger partial charge in [-0.2, -0.15) is 0 Å². The van der Waals surface area contributed by atoms with E-state index in [1.807, 2.05) is 20.8 Å². The van der Waals surface area contributed by atoms with Crippen molar-refractivity contribution in [2.75, 3.05) is 5.32 Å². The highest BCUT2D eigenvalue weighted by Crippen LogP contribution is 2.32. The number of carbonyl (C=O) groups excluding carboxylic acids is 1. The largest absolute Gasteiger partial charge is 0.320 e. The first kappa shape index (κ1) is 15.8. The standard InChI is InChI=1S/C16H13ClFN3OS/c1-7-13-8(2)19-9(3)20-16(13)23-14(7)15(22)21-12-5-4-10(18)6-11(12)17/h4-6H,1-3H3,(H,21,22). The van der Waals surface area contributed by atoms with Gasteiger partial charge in [-0.3, -0.25) is 4.79 Å². The molecule has 0 radical (unpaired) electrons. The Morgan fingerprint density at radius 3 is 2.70 bits per heavy atom. The summed E-state index contributed by atoms with van der Waals surface area (Å²) in [7, 11) is 0. The number of carbonyl (C=O) groups is 1. The SMILES string of the molecule is Cc1nc(C)c2c(C)c(C(=O)Nc3ccc(F)cc3Cl)sc2n1. The summed E-state index contributed by atoms with van der Waals surface area (Å²) in [6.07, 6.45) is 0. The third-order valence-electron chi connectivity index (χ3n) is 3.47. The van der Waals surface area contributed by atoms with E-state index in [0.29, 0.717) is 16.4 Å². The summed E-state index contributed by atoms with van der Waals surface area (Å²) in [5, 5.41) is 3.77. The molecule has 0 bridgehead atoms. The van der Waals surface area contributed by atoms with Gasteiger partial charge in [-0.05, 0) is 44.5 Å². The van der Waals surface area contributed by atoms with Crippen molar-refractivity contribution in [2.45, 2.75) is 20.8 Å². The number of halogens is 2. The van der Waals surface area contributed by atoms with Crippen molar-refractivity contribution in [3.05, 3.63) is 51.0 Å². The van der Waals surface area contributed by atoms with Gasteiger partial charge in [0.2, 0.25) is 0 Å². The van der Waals surface area contributed by atoms with Crippen LogP contribution in [0.15, 0.2) is 18.2 Å². The van der Waals surface area contributed by atoms with E-state index in [9.17, 15) is 9.18 Å². The minimum absolute atomic E-state index is 0.156. The normalized spacial score (nSPS) is 11.0. The zero-order chi connectivity index (χ0) is 16.7. The Morgan fingerprint density at radius 1 is 1.26 bits per heavy atom. The van der Waals surface area contributed by atoms with Crippen LogP contribution in [0.2, 0.25) is 5.02 Å². The Balaban J connectivity index is 2.01. The quantitative estimate of drug-likeness (QED) is 0.732. The highest BCUT2D eigenvalue weighted by Gasteiger charge is 2.19. The molecule has 2 heterocycles. The number of rotatable bonds is 2. The van der Waals surface area contributed by atoms with Gasteiger partial charge < -0.3 is 5.32 Å². The van der Waals surface area contributed by atoms with E-state index in [2.05, 4.69) is 15.3 Å². The average Bonchev–Trinajstić information content (AvgIpc) is 2.79. The fraction of sp³-hybridized carbons (Fsp3) is 0.188. The molecule has 2 aromatic heterocycles. The van der Waals surface area contributed by atoms with Crippen LogP contribution >= 0.6 is 22.9 Å². The minimum Gasteiger partial charge on any atom is -0.320 e. The molecule has 1 amide bonds. The van der Waals surface area contributed by atoms with Crippen molar-refractivity contribution in [1.29, 1.82) is 0 Å². The Hall–Kier alpha value is -2.05. The van der Waals surface area contributed by atoms with E-state index in [0.717, 1.165) is 27.5 Å². The van der Waals surface area contributed by atoms with Gasteiger partial charge >= 0.3 is 0 Å². The molecule has 4 nitrogen and oxygen atoms in total. The van der Waals surface area contributed by atoms with Crippen LogP contribution in [0, 0.1) is 26.6 Å². The van der Waals surface area contributed by atoms with Crippen LogP contribution in [0.25, 0.3) is 10.2 Å². The third-order valence-corrected chi connectivity index (χ3v) is 4.97. The lowest BCUT2D eigenvalue weighted by atomic mass is 10.1. The molecule has 1 N–H and O–H groups in total. The number of aryl methyl sites for hydroxylation is 3. The van der Waals surface area contributed by atoms with E-state index in [1.54, 1.807) is 0 Å². The second-order valence-electron chi connectivity index (χ2n) is 5.17. The molecule has 3 aromatic rings. The lowest BCUT2D eigenvalue weighted by Crippen LogP contribution is -2.11. The minimum atomic E-state index is -0.451. The van der Waals surface area contributed by atoms with E-state index in [4.69, 9.17) is 11.6 Å². The van der Waals surface area contributed by atoms with Crippen LogP contribution in [0.1, 0.15) is 26.8 Å². The van der Waals surface area contributed by atoms with Crippen LogP contribution in [-0.4, -0.2) is 15.9 Å². The Labute approximate surface area is 141 Å². The number of thiophene rings is 1. The molecule has 0 unspecified atom stereocenters. The fourth-order valence-corrected chi connectivity index (χ4v) is 3.85. The number of amides is 1. The lowest BCUT2D eigenvalue weighted by Gasteiger charge is -2.06. The topological polar surface area (TPSA) is 54.9 Å². The molecular weight excluding hydrogens is 337 g/mol. The molecule has 0 aliphatic heterocycles. The number of nitrogens with zero attached hydrogens (tertiary/aromatic N) is 2. The summed E-state index contributed by atoms with van der Waals surface area (Å²) in [6, 6.07) is 3.85. The molecule has 0 spiro atoms. The maximum absolute atomic E-state index is 13.1. The molecular formula is C16H13ClFN3OS. The van der Waals surface area contributed by atoms with E-state index < -0.39 is 5.82 Å². The molecule has 0 atom stereocenters. The monoisotopic (exact) mass is 349 g/mol. The van der Waals surface area contributed by atoms with Crippen LogP contribution in [0.5, 0.6) is 0 Å². The number of anilines is 1. The highest BCUT2D eigenvalue weighted by atomic mass is 35.5. The van der Waals surface area contributed by atoms with Gasteiger partial charge in [-0.1, -0.05) is 11.6 Å². The molecule has 23 heavy (non-hydrogen) atoms. The van der Waals surface area contributed by atoms with Gasteiger partial charge in [0.1, 0.15) is 16.5 Å². The van der Waals surface area contributed by atoms with Crippen LogP contribution < -0.4 is 5.32 Å². The first-order valence-electron chi connectivity index (χ1n) is 6.87. The van der Waals surface area contributed by atoms with Gasteiger partial charge in [0.15, 0.2) is 0 Å². The number of aromatic nitrogens is 2. The van der Waals surface area contributed by atoms with Gasteiger partial charge in [-0.25, -0.2) is 14.4 Å². The number of hydrogen-bond donors (Lipinski definition) is 1. The van der Waals surface area contributed by atoms with Gasteiger partial charge in [-0.15, -0.1) is 11.3 Å². The van der Waals surface area contributed by atoms with Gasteiger partial charge in [0.25, 0.3) is 5.91 Å². The Morgan fingerprint density at radius 2 is 2.00 bits per heavy atom. The van der Waals surface area contributed by atoms with Crippen molar-refractivity contribution >= 4 is 44.7 Å². The van der Waals surface area contributed by atoms with Gasteiger partial charge in [0, 0.05) is 11.1 Å². The predicted molar refractivity (Wildman–Crippen MR) is 91.0 cm³/mol. The first-order valence-corrected chi connectivity index (χ1v) is 8.07. The zero-order valence-electron chi connectivity index (χ0n) is 12.7. The number of fused-ring (bicyclic) bond motifs is 1. The lowest BCUT2D eigenvalue weighted by molar-refractivity contribution is 0.103. The molecule has 0 saturated heterocycles. The number of hydrogen-bond acceptors (Lipinski definition) is 4. The second-order valence-corrected chi connectivity index (χ2v) is 6.58. The van der Waals surface area contributed by atoms with Crippen molar-refractivity contribution in [3.8, 4) is 0 Å². The molecule has 3 rings (SSSR count). The zero-order valence-corrected chi connectivity index (χ0v) is 14.3. The third kappa shape index (κ3) is 2.92. The molecule has 0 saturated carbocycles. The Kier molecular flexibility index (Phi) is 4.04. The highest BCUT2D eigenvalue weighted by molar-refractivity contribution is 7.20. The summed E-state index contributed by atoms with van der Waals surface area (Å²) in [6.45, 7) is 5.58. The van der Waals surface area contributed by atoms with Crippen molar-refractivity contribution < 1.29 is 9.18 Å². The Bertz CT molecular complexity index is 939. The molecule has 7 heteroatoms. The van der Waals surface area contributed by atoms with Crippen molar-refractivity contribution in [2.24, 2.45) is 0 Å². The first-order chi connectivity index (χ1) is 10.9. The molecule has 1 aromatic carbocycles. The maximum Gasteiger partial charge on any atom is 0.266 e. The summed E-state index contributed by atoms with van der Waals surface area (Å²) in [4.78, 5) is 22.6. The number of benzene rings is 1. The van der Waals surface area contributed by atoms with E-state index in [-0.39, 0.29) is 10.9 Å². The predicted octanol–water partition coefficient (Wildman–Crippen LogP) is 4.66. The van der Waals surface area contributed by atoms with E-state index in [1.165, 1.54) is 23.5 Å². The van der Waals surface area contributed by atoms with Crippen LogP contribution in [0.4, 0.5) is 10.1 Å². The summed E-state index contributed by atoms with van der Waals surface area (Å²) < 4.78 is 13.1. The molecule has 0 aliphatic carbocycles. The molecule has 0 fully saturated rings. The van der Waals surface area contributed by atoms with E-state index >= 15 is 0 Å². The van der Waals surface area contributed by atoms with Crippen LogP contribution in [0.3, 0.4) is 0 Å². The maximum atomic E-state index is 13.1. The summed E-state index contributed by atoms with van der Waals surface area (Å²) in [5.74, 6) is -0.0757. The van der Waals surface area contributed by atoms with Gasteiger partial charge in [0.05, 0.1) is 15.6 Å². The smallest absolute Gasteiger partial charge is 0.266 e.